The van der Waals surface area contributed by atoms with Crippen LogP contribution in [0.5, 0.6) is 0 Å². The second-order valence-electron chi connectivity index (χ2n) is 5.38. The number of hydrogen-bond donors (Lipinski definition) is 2. The predicted molar refractivity (Wildman–Crippen MR) is 78.0 cm³/mol. The number of nitrogens with two attached hydrogens (primary N) is 1. The van der Waals surface area contributed by atoms with Crippen LogP contribution in [0, 0.1) is 0 Å². The molecular weight excluding hydrogens is 240 g/mol. The third-order valence-electron chi connectivity index (χ3n) is 3.18. The molecule has 0 radical (unpaired) electrons. The SMILES string of the molecule is CC(O)c1nc2cc(N)ccc2n1C(C)CN(C)C. The molecule has 1 heterocycles. The predicted octanol–water partition coefficient (Wildman–Crippen LogP) is 1.79. The Hall–Kier alpha value is -1.59. The highest BCUT2D eigenvalue weighted by Crippen LogP contribution is 2.26. The first-order valence-electron chi connectivity index (χ1n) is 6.50. The number of aliphatic hydroxyl groups is 1. The summed E-state index contributed by atoms with van der Waals surface area (Å²) in [5.74, 6) is 0.690. The Balaban J connectivity index is 2.58. The fourth-order valence-electron chi connectivity index (χ4n) is 2.50. The van der Waals surface area contributed by atoms with Crippen LogP contribution in [0.25, 0.3) is 11.0 Å². The highest BCUT2D eigenvalue weighted by molar-refractivity contribution is 5.80. The van der Waals surface area contributed by atoms with Crippen molar-refractivity contribution < 1.29 is 5.11 Å². The lowest BCUT2D eigenvalue weighted by Crippen LogP contribution is -2.24. The average Bonchev–Trinajstić information content (AvgIpc) is 2.66. The van der Waals surface area contributed by atoms with Gasteiger partial charge in [-0.3, -0.25) is 0 Å². The van der Waals surface area contributed by atoms with Gasteiger partial charge in [0.1, 0.15) is 11.9 Å². The van der Waals surface area contributed by atoms with E-state index in [1.165, 1.54) is 0 Å². The number of fused-ring (bicyclic) bond motifs is 1. The molecule has 19 heavy (non-hydrogen) atoms. The van der Waals surface area contributed by atoms with E-state index in [1.807, 2.05) is 32.3 Å². The van der Waals surface area contributed by atoms with Gasteiger partial charge in [-0.2, -0.15) is 0 Å². The molecule has 0 aliphatic heterocycles. The first-order valence-corrected chi connectivity index (χ1v) is 6.50. The van der Waals surface area contributed by atoms with Crippen molar-refractivity contribution in [2.75, 3.05) is 26.4 Å². The van der Waals surface area contributed by atoms with Crippen LogP contribution in [-0.4, -0.2) is 40.2 Å². The smallest absolute Gasteiger partial charge is 0.138 e. The van der Waals surface area contributed by atoms with Gasteiger partial charge in [0.25, 0.3) is 0 Å². The summed E-state index contributed by atoms with van der Waals surface area (Å²) >= 11 is 0. The normalized spacial score (nSPS) is 15.1. The highest BCUT2D eigenvalue weighted by atomic mass is 16.3. The number of likely N-dealkylation sites (N-methyl/N-ethyl adjacent to an activating group) is 1. The van der Waals surface area contributed by atoms with Gasteiger partial charge in [0.05, 0.1) is 11.0 Å². The van der Waals surface area contributed by atoms with Crippen molar-refractivity contribution in [1.29, 1.82) is 0 Å². The Morgan fingerprint density at radius 1 is 1.37 bits per heavy atom. The van der Waals surface area contributed by atoms with Crippen LogP contribution in [0.2, 0.25) is 0 Å². The van der Waals surface area contributed by atoms with Crippen LogP contribution in [0.15, 0.2) is 18.2 Å². The third-order valence-corrected chi connectivity index (χ3v) is 3.18. The molecule has 5 heteroatoms. The Bertz CT molecular complexity index is 574. The maximum Gasteiger partial charge on any atom is 0.138 e. The molecule has 2 unspecified atom stereocenters. The first kappa shape index (κ1) is 13.8. The molecule has 0 aliphatic carbocycles. The Kier molecular flexibility index (Phi) is 3.78. The van der Waals surface area contributed by atoms with E-state index < -0.39 is 6.10 Å². The summed E-state index contributed by atoms with van der Waals surface area (Å²) in [4.78, 5) is 6.64. The number of imidazole rings is 1. The highest BCUT2D eigenvalue weighted by Gasteiger charge is 2.19. The summed E-state index contributed by atoms with van der Waals surface area (Å²) in [5, 5.41) is 9.93. The van der Waals surface area contributed by atoms with Gasteiger partial charge in [0.2, 0.25) is 0 Å². The molecule has 0 saturated carbocycles. The molecule has 0 saturated heterocycles. The van der Waals surface area contributed by atoms with Gasteiger partial charge in [-0.1, -0.05) is 0 Å². The summed E-state index contributed by atoms with van der Waals surface area (Å²) in [6.45, 7) is 4.75. The minimum Gasteiger partial charge on any atom is -0.399 e. The van der Waals surface area contributed by atoms with Crippen LogP contribution in [-0.2, 0) is 0 Å². The second-order valence-corrected chi connectivity index (χ2v) is 5.38. The van der Waals surface area contributed by atoms with E-state index in [0.717, 1.165) is 17.6 Å². The summed E-state index contributed by atoms with van der Waals surface area (Å²) in [6, 6.07) is 5.91. The molecule has 104 valence electrons. The topological polar surface area (TPSA) is 67.3 Å². The molecule has 1 aromatic heterocycles. The minimum atomic E-state index is -0.599. The molecule has 0 fully saturated rings. The zero-order valence-electron chi connectivity index (χ0n) is 12.0. The Labute approximate surface area is 113 Å². The van der Waals surface area contributed by atoms with Gasteiger partial charge in [-0.05, 0) is 46.1 Å². The Morgan fingerprint density at radius 3 is 2.63 bits per heavy atom. The molecule has 0 bridgehead atoms. The molecular formula is C14H22N4O. The van der Waals surface area contributed by atoms with E-state index in [9.17, 15) is 5.11 Å². The van der Waals surface area contributed by atoms with Crippen LogP contribution in [0.3, 0.4) is 0 Å². The molecule has 2 aromatic rings. The lowest BCUT2D eigenvalue weighted by Gasteiger charge is -2.22. The molecule has 1 aromatic carbocycles. The monoisotopic (exact) mass is 262 g/mol. The number of aliphatic hydroxyl groups excluding tert-OH is 1. The molecule has 0 aliphatic rings. The largest absolute Gasteiger partial charge is 0.399 e. The zero-order chi connectivity index (χ0) is 14.2. The van der Waals surface area contributed by atoms with E-state index >= 15 is 0 Å². The lowest BCUT2D eigenvalue weighted by atomic mass is 10.2. The molecule has 5 nitrogen and oxygen atoms in total. The fraction of sp³-hybridized carbons (Fsp3) is 0.500. The van der Waals surface area contributed by atoms with Crippen molar-refractivity contribution in [2.45, 2.75) is 26.0 Å². The summed E-state index contributed by atoms with van der Waals surface area (Å²) in [7, 11) is 4.07. The third kappa shape index (κ3) is 2.72. The van der Waals surface area contributed by atoms with Crippen molar-refractivity contribution in [2.24, 2.45) is 0 Å². The van der Waals surface area contributed by atoms with E-state index in [2.05, 4.69) is 21.4 Å². The number of benzene rings is 1. The quantitative estimate of drug-likeness (QED) is 0.824. The second kappa shape index (κ2) is 5.19. The lowest BCUT2D eigenvalue weighted by molar-refractivity contribution is 0.179. The summed E-state index contributed by atoms with van der Waals surface area (Å²) in [5.41, 5.74) is 8.33. The van der Waals surface area contributed by atoms with Crippen molar-refractivity contribution in [1.82, 2.24) is 14.5 Å². The van der Waals surface area contributed by atoms with Crippen LogP contribution in [0.1, 0.15) is 31.8 Å². The van der Waals surface area contributed by atoms with E-state index in [-0.39, 0.29) is 6.04 Å². The number of nitrogen functional groups attached to an aromatic ring is 1. The van der Waals surface area contributed by atoms with E-state index in [1.54, 1.807) is 6.92 Å². The van der Waals surface area contributed by atoms with E-state index in [0.29, 0.717) is 11.5 Å². The molecule has 2 rings (SSSR count). The van der Waals surface area contributed by atoms with Gasteiger partial charge < -0.3 is 20.3 Å². The fourth-order valence-corrected chi connectivity index (χ4v) is 2.50. The van der Waals surface area contributed by atoms with Crippen molar-refractivity contribution in [3.63, 3.8) is 0 Å². The number of nitrogens with zero attached hydrogens (tertiary/aromatic N) is 3. The van der Waals surface area contributed by atoms with Gasteiger partial charge in [-0.15, -0.1) is 0 Å². The number of aromatic nitrogens is 2. The van der Waals surface area contributed by atoms with Crippen LogP contribution < -0.4 is 5.73 Å². The van der Waals surface area contributed by atoms with Gasteiger partial charge in [-0.25, -0.2) is 4.98 Å². The average molecular weight is 262 g/mol. The maximum atomic E-state index is 9.93. The summed E-state index contributed by atoms with van der Waals surface area (Å²) in [6.07, 6.45) is -0.599. The maximum absolute atomic E-state index is 9.93. The van der Waals surface area contributed by atoms with Gasteiger partial charge in [0, 0.05) is 18.3 Å². The van der Waals surface area contributed by atoms with Crippen LogP contribution in [0.4, 0.5) is 5.69 Å². The van der Waals surface area contributed by atoms with Crippen molar-refractivity contribution in [3.8, 4) is 0 Å². The van der Waals surface area contributed by atoms with E-state index in [4.69, 9.17) is 5.73 Å². The first-order chi connectivity index (χ1) is 8.90. The molecule has 2 atom stereocenters. The molecule has 3 N–H and O–H groups in total. The number of anilines is 1. The number of rotatable bonds is 4. The van der Waals surface area contributed by atoms with Crippen molar-refractivity contribution in [3.05, 3.63) is 24.0 Å². The molecule has 0 spiro atoms. The zero-order valence-corrected chi connectivity index (χ0v) is 12.0. The van der Waals surface area contributed by atoms with Gasteiger partial charge in [0.15, 0.2) is 0 Å². The molecule has 0 amide bonds. The minimum absolute atomic E-state index is 0.230. The Morgan fingerprint density at radius 2 is 2.05 bits per heavy atom. The number of hydrogen-bond acceptors (Lipinski definition) is 4. The summed E-state index contributed by atoms with van der Waals surface area (Å²) < 4.78 is 2.10. The van der Waals surface area contributed by atoms with Crippen LogP contribution >= 0.6 is 0 Å². The van der Waals surface area contributed by atoms with Gasteiger partial charge >= 0.3 is 0 Å². The van der Waals surface area contributed by atoms with Crippen molar-refractivity contribution >= 4 is 16.7 Å². The standard InChI is InChI=1S/C14H22N4O/c1-9(8-17(3)4)18-13-6-5-11(15)7-12(13)16-14(18)10(2)19/h5-7,9-10,19H,8,15H2,1-4H3.